The summed E-state index contributed by atoms with van der Waals surface area (Å²) in [4.78, 5) is 13.6. The maximum Gasteiger partial charge on any atom is 0.226 e. The van der Waals surface area contributed by atoms with E-state index in [0.29, 0.717) is 6.54 Å². The average molecular weight is 308 g/mol. The summed E-state index contributed by atoms with van der Waals surface area (Å²) in [6.07, 6.45) is 0.0871. The van der Waals surface area contributed by atoms with Gasteiger partial charge in [0.15, 0.2) is 17.5 Å². The molecule has 1 amide bonds. The second kappa shape index (κ2) is 6.98. The SMILES string of the molecule is CN(CCC(=O)Nc1ccc(F)c(F)c1F)c1ccccc1. The second-order valence-electron chi connectivity index (χ2n) is 4.78. The molecule has 22 heavy (non-hydrogen) atoms. The van der Waals surface area contributed by atoms with Crippen LogP contribution in [0.2, 0.25) is 0 Å². The molecule has 0 saturated heterocycles. The summed E-state index contributed by atoms with van der Waals surface area (Å²) >= 11 is 0. The fraction of sp³-hybridized carbons (Fsp3) is 0.188. The standard InChI is InChI=1S/C16H15F3N2O/c1-21(11-5-3-2-4-6-11)10-9-14(22)20-13-8-7-12(17)15(18)16(13)19/h2-8H,9-10H2,1H3,(H,20,22). The normalized spacial score (nSPS) is 10.4. The van der Waals surface area contributed by atoms with Gasteiger partial charge in [-0.25, -0.2) is 13.2 Å². The van der Waals surface area contributed by atoms with Crippen LogP contribution in [0.4, 0.5) is 24.5 Å². The highest BCUT2D eigenvalue weighted by atomic mass is 19.2. The Labute approximate surface area is 126 Å². The second-order valence-corrected chi connectivity index (χ2v) is 4.78. The first-order chi connectivity index (χ1) is 10.5. The number of amides is 1. The molecule has 2 aromatic carbocycles. The summed E-state index contributed by atoms with van der Waals surface area (Å²) in [5.74, 6) is -4.77. The fourth-order valence-corrected chi connectivity index (χ4v) is 1.92. The van der Waals surface area contributed by atoms with Crippen LogP contribution >= 0.6 is 0 Å². The minimum absolute atomic E-state index is 0.0871. The van der Waals surface area contributed by atoms with Crippen molar-refractivity contribution in [3.8, 4) is 0 Å². The van der Waals surface area contributed by atoms with Crippen molar-refractivity contribution in [1.29, 1.82) is 0 Å². The average Bonchev–Trinajstić information content (AvgIpc) is 2.54. The first-order valence-corrected chi connectivity index (χ1v) is 6.68. The van der Waals surface area contributed by atoms with Gasteiger partial charge in [-0.3, -0.25) is 4.79 Å². The third-order valence-corrected chi connectivity index (χ3v) is 3.18. The van der Waals surface area contributed by atoms with Gasteiger partial charge in [0.2, 0.25) is 5.91 Å². The summed E-state index contributed by atoms with van der Waals surface area (Å²) in [6, 6.07) is 11.2. The molecular weight excluding hydrogens is 293 g/mol. The summed E-state index contributed by atoms with van der Waals surface area (Å²) in [6.45, 7) is 0.404. The van der Waals surface area contributed by atoms with Gasteiger partial charge >= 0.3 is 0 Å². The minimum Gasteiger partial charge on any atom is -0.374 e. The van der Waals surface area contributed by atoms with Gasteiger partial charge < -0.3 is 10.2 Å². The lowest BCUT2D eigenvalue weighted by Crippen LogP contribution is -2.24. The van der Waals surface area contributed by atoms with Crippen molar-refractivity contribution in [3.63, 3.8) is 0 Å². The van der Waals surface area contributed by atoms with Crippen molar-refractivity contribution in [2.75, 3.05) is 23.8 Å². The Kier molecular flexibility index (Phi) is 5.04. The Bertz CT molecular complexity index is 662. The molecule has 0 heterocycles. The van der Waals surface area contributed by atoms with Gasteiger partial charge in [-0.05, 0) is 24.3 Å². The molecule has 0 unspecified atom stereocenters. The number of carbonyl (C=O) groups is 1. The number of nitrogens with one attached hydrogen (secondary N) is 1. The predicted octanol–water partition coefficient (Wildman–Crippen LogP) is 3.57. The van der Waals surface area contributed by atoms with E-state index < -0.39 is 23.4 Å². The topological polar surface area (TPSA) is 32.3 Å². The van der Waals surface area contributed by atoms with Gasteiger partial charge in [-0.2, -0.15) is 0 Å². The Morgan fingerprint density at radius 2 is 1.73 bits per heavy atom. The monoisotopic (exact) mass is 308 g/mol. The number of hydrogen-bond donors (Lipinski definition) is 1. The molecule has 0 radical (unpaired) electrons. The number of benzene rings is 2. The molecule has 3 nitrogen and oxygen atoms in total. The Balaban J connectivity index is 1.92. The van der Waals surface area contributed by atoms with E-state index in [2.05, 4.69) is 5.32 Å². The third-order valence-electron chi connectivity index (χ3n) is 3.18. The molecule has 1 N–H and O–H groups in total. The van der Waals surface area contributed by atoms with Crippen molar-refractivity contribution in [2.24, 2.45) is 0 Å². The molecule has 0 aliphatic heterocycles. The highest BCUT2D eigenvalue weighted by molar-refractivity contribution is 5.91. The van der Waals surface area contributed by atoms with Crippen LogP contribution in [0.1, 0.15) is 6.42 Å². The van der Waals surface area contributed by atoms with E-state index in [1.54, 1.807) is 0 Å². The Morgan fingerprint density at radius 1 is 1.05 bits per heavy atom. The van der Waals surface area contributed by atoms with Crippen molar-refractivity contribution in [2.45, 2.75) is 6.42 Å². The maximum absolute atomic E-state index is 13.4. The zero-order valence-corrected chi connectivity index (χ0v) is 11.9. The third kappa shape index (κ3) is 3.78. The van der Waals surface area contributed by atoms with Crippen molar-refractivity contribution in [1.82, 2.24) is 0 Å². The van der Waals surface area contributed by atoms with E-state index in [4.69, 9.17) is 0 Å². The molecular formula is C16H15F3N2O. The number of anilines is 2. The van der Waals surface area contributed by atoms with E-state index in [-0.39, 0.29) is 12.1 Å². The summed E-state index contributed by atoms with van der Waals surface area (Å²) in [5, 5.41) is 2.24. The van der Waals surface area contributed by atoms with Gasteiger partial charge in [0.1, 0.15) is 0 Å². The summed E-state index contributed by atoms with van der Waals surface area (Å²) in [7, 11) is 1.82. The van der Waals surface area contributed by atoms with Gasteiger partial charge in [0.05, 0.1) is 5.69 Å². The van der Waals surface area contributed by atoms with E-state index in [0.717, 1.165) is 17.8 Å². The number of hydrogen-bond acceptors (Lipinski definition) is 2. The first-order valence-electron chi connectivity index (χ1n) is 6.68. The van der Waals surface area contributed by atoms with Gasteiger partial charge in [-0.1, -0.05) is 18.2 Å². The van der Waals surface area contributed by atoms with Crippen LogP contribution < -0.4 is 10.2 Å². The molecule has 2 aromatic rings. The number of nitrogens with zero attached hydrogens (tertiary/aromatic N) is 1. The van der Waals surface area contributed by atoms with Crippen LogP contribution in [-0.4, -0.2) is 19.5 Å². The quantitative estimate of drug-likeness (QED) is 0.857. The lowest BCUT2D eigenvalue weighted by molar-refractivity contribution is -0.116. The van der Waals surface area contributed by atoms with E-state index in [1.807, 2.05) is 42.3 Å². The molecule has 0 fully saturated rings. The molecule has 0 aliphatic rings. The van der Waals surface area contributed by atoms with Crippen LogP contribution in [0.15, 0.2) is 42.5 Å². The molecule has 2 rings (SSSR count). The van der Waals surface area contributed by atoms with E-state index in [9.17, 15) is 18.0 Å². The van der Waals surface area contributed by atoms with Crippen LogP contribution in [0.3, 0.4) is 0 Å². The molecule has 0 saturated carbocycles. The van der Waals surface area contributed by atoms with Gasteiger partial charge in [0, 0.05) is 25.7 Å². The highest BCUT2D eigenvalue weighted by Crippen LogP contribution is 2.20. The highest BCUT2D eigenvalue weighted by Gasteiger charge is 2.15. The molecule has 116 valence electrons. The number of halogens is 3. The van der Waals surface area contributed by atoms with Crippen LogP contribution in [0.25, 0.3) is 0 Å². The van der Waals surface area contributed by atoms with Crippen LogP contribution in [0, 0.1) is 17.5 Å². The van der Waals surface area contributed by atoms with E-state index in [1.165, 1.54) is 0 Å². The molecule has 0 bridgehead atoms. The van der Waals surface area contributed by atoms with Gasteiger partial charge in [0.25, 0.3) is 0 Å². The minimum atomic E-state index is -1.60. The lowest BCUT2D eigenvalue weighted by Gasteiger charge is -2.18. The van der Waals surface area contributed by atoms with Crippen molar-refractivity contribution in [3.05, 3.63) is 59.9 Å². The molecule has 0 spiro atoms. The summed E-state index contributed by atoms with van der Waals surface area (Å²) in [5.41, 5.74) is 0.570. The number of para-hydroxylation sites is 1. The molecule has 0 aromatic heterocycles. The Morgan fingerprint density at radius 3 is 2.41 bits per heavy atom. The van der Waals surface area contributed by atoms with Crippen molar-refractivity contribution < 1.29 is 18.0 Å². The first kappa shape index (κ1) is 15.9. The zero-order chi connectivity index (χ0) is 16.1. The smallest absolute Gasteiger partial charge is 0.226 e. The van der Waals surface area contributed by atoms with Crippen molar-refractivity contribution >= 4 is 17.3 Å². The zero-order valence-electron chi connectivity index (χ0n) is 11.9. The van der Waals surface area contributed by atoms with E-state index >= 15 is 0 Å². The lowest BCUT2D eigenvalue weighted by atomic mass is 10.2. The molecule has 0 aliphatic carbocycles. The maximum atomic E-state index is 13.4. The van der Waals surface area contributed by atoms with Gasteiger partial charge in [-0.15, -0.1) is 0 Å². The number of rotatable bonds is 5. The molecule has 6 heteroatoms. The Hall–Kier alpha value is -2.50. The van der Waals surface area contributed by atoms with Crippen LogP contribution in [0.5, 0.6) is 0 Å². The predicted molar refractivity (Wildman–Crippen MR) is 79.3 cm³/mol. The molecule has 0 atom stereocenters. The largest absolute Gasteiger partial charge is 0.374 e. The number of carbonyl (C=O) groups excluding carboxylic acids is 1. The fourth-order valence-electron chi connectivity index (χ4n) is 1.92. The summed E-state index contributed by atoms with van der Waals surface area (Å²) < 4.78 is 39.3. The van der Waals surface area contributed by atoms with Crippen LogP contribution in [-0.2, 0) is 4.79 Å².